The molecule has 0 radical (unpaired) electrons. The van der Waals surface area contributed by atoms with Gasteiger partial charge in [0, 0.05) is 43.5 Å². The van der Waals surface area contributed by atoms with Gasteiger partial charge in [-0.25, -0.2) is 9.59 Å². The van der Waals surface area contributed by atoms with E-state index < -0.39 is 90.5 Å². The van der Waals surface area contributed by atoms with Gasteiger partial charge in [-0.3, -0.25) is 14.4 Å². The summed E-state index contributed by atoms with van der Waals surface area (Å²) in [6.45, 7) is 1.87. The average molecular weight is 732 g/mol. The summed E-state index contributed by atoms with van der Waals surface area (Å²) in [5.74, 6) is -5.88. The number of aliphatic hydroxyl groups excluding tert-OH is 4. The molecule has 282 valence electrons. The van der Waals surface area contributed by atoms with Crippen LogP contribution in [0.2, 0.25) is 0 Å². The third-order valence-electron chi connectivity index (χ3n) is 10.2. The second-order valence-corrected chi connectivity index (χ2v) is 13.2. The number of allylic oxidation sites excluding steroid dienone is 2. The van der Waals surface area contributed by atoms with Crippen LogP contribution in [0.25, 0.3) is 0 Å². The van der Waals surface area contributed by atoms with Crippen molar-refractivity contribution in [2.24, 2.45) is 11.7 Å². The van der Waals surface area contributed by atoms with Gasteiger partial charge in [0.05, 0.1) is 55.6 Å². The third kappa shape index (κ3) is 5.96. The highest BCUT2D eigenvalue weighted by molar-refractivity contribution is 6.26. The Labute approximate surface area is 296 Å². The molecule has 2 amide bonds. The number of amides is 2. The number of aliphatic hydroxyl groups is 4. The van der Waals surface area contributed by atoms with E-state index in [9.17, 15) is 44.4 Å². The molecule has 9 N–H and O–H groups in total. The zero-order chi connectivity index (χ0) is 37.9. The minimum atomic E-state index is -2.39. The summed E-state index contributed by atoms with van der Waals surface area (Å²) in [5, 5.41) is 50.1. The Morgan fingerprint density at radius 1 is 1.15 bits per heavy atom. The van der Waals surface area contributed by atoms with Gasteiger partial charge in [-0.2, -0.15) is 0 Å². The molecule has 5 aliphatic rings. The van der Waals surface area contributed by atoms with Gasteiger partial charge in [0.2, 0.25) is 17.5 Å². The topological polar surface area (TPSA) is 288 Å². The SMILES string of the molecule is COC(=O)C1(Oc2ccc(NC3=C(C)C(=O)C4=C(C3=O)C(COC(N)=O)C3(OC)C5NC5CN43)cc2)CC(O)C(NC(C)=O)C(C(O)C(O)CO)O1. The van der Waals surface area contributed by atoms with E-state index in [2.05, 4.69) is 16.0 Å². The molecule has 52 heavy (non-hydrogen) atoms. The Hall–Kier alpha value is -4.63. The van der Waals surface area contributed by atoms with Crippen molar-refractivity contribution >= 4 is 35.2 Å². The number of hydrogen-bond acceptors (Lipinski definition) is 17. The number of nitrogens with one attached hydrogen (secondary N) is 3. The number of piperazine rings is 1. The Bertz CT molecular complexity index is 1730. The molecule has 10 unspecified atom stereocenters. The van der Waals surface area contributed by atoms with E-state index >= 15 is 0 Å². The summed E-state index contributed by atoms with van der Waals surface area (Å²) < 4.78 is 27.9. The number of nitrogens with two attached hydrogens (primary N) is 1. The maximum Gasteiger partial charge on any atom is 0.404 e. The first-order valence-corrected chi connectivity index (χ1v) is 16.4. The van der Waals surface area contributed by atoms with Gasteiger partial charge < -0.3 is 70.7 Å². The van der Waals surface area contributed by atoms with Gasteiger partial charge in [-0.15, -0.1) is 0 Å². The fourth-order valence-electron chi connectivity index (χ4n) is 7.76. The molecule has 1 aromatic carbocycles. The third-order valence-corrected chi connectivity index (χ3v) is 10.2. The van der Waals surface area contributed by atoms with Crippen molar-refractivity contribution in [3.8, 4) is 5.75 Å². The molecule has 4 aliphatic heterocycles. The maximum absolute atomic E-state index is 14.2. The largest absolute Gasteiger partial charge is 0.464 e. The standard InChI is InChI=1S/C33H41N5O14/c1-13-22(27(45)21-17(12-50-31(34)47)33(49-4)29-18(37-29)10-38(33)24(21)25(13)43)36-15-5-7-16(8-6-15)51-32(30(46)48-3)9-19(41)23(35-14(2)40)28(52-32)26(44)20(42)11-39/h5-8,17-20,23,26,28-29,36-37,39,41-42,44H,9-12H2,1-4H3,(H2,34,47)(H,35,40). The number of primary amides is 1. The normalized spacial score (nSPS) is 33.1. The molecule has 6 rings (SSSR count). The molecule has 0 bridgehead atoms. The lowest BCUT2D eigenvalue weighted by molar-refractivity contribution is -0.285. The molecule has 19 nitrogen and oxygen atoms in total. The fraction of sp³-hybridized carbons (Fsp3) is 0.545. The van der Waals surface area contributed by atoms with Crippen LogP contribution in [0.4, 0.5) is 10.5 Å². The summed E-state index contributed by atoms with van der Waals surface area (Å²) in [7, 11) is 2.51. The minimum absolute atomic E-state index is 0.00702. The first kappa shape index (κ1) is 37.1. The molecule has 1 aliphatic carbocycles. The van der Waals surface area contributed by atoms with E-state index in [4.69, 9.17) is 29.4 Å². The predicted octanol–water partition coefficient (Wildman–Crippen LogP) is -2.88. The van der Waals surface area contributed by atoms with Crippen LogP contribution in [0.15, 0.2) is 46.8 Å². The number of hydrogen-bond donors (Lipinski definition) is 8. The summed E-state index contributed by atoms with van der Waals surface area (Å²) in [4.78, 5) is 66.5. The number of fused-ring (bicyclic) bond motifs is 4. The zero-order valence-electron chi connectivity index (χ0n) is 28.7. The van der Waals surface area contributed by atoms with Crippen molar-refractivity contribution < 1.29 is 68.1 Å². The monoisotopic (exact) mass is 731 g/mol. The van der Waals surface area contributed by atoms with E-state index in [-0.39, 0.29) is 47.0 Å². The highest BCUT2D eigenvalue weighted by Crippen LogP contribution is 2.56. The van der Waals surface area contributed by atoms with Crippen molar-refractivity contribution in [3.63, 3.8) is 0 Å². The number of esters is 1. The van der Waals surface area contributed by atoms with Gasteiger partial charge >= 0.3 is 17.8 Å². The number of ketones is 2. The lowest BCUT2D eigenvalue weighted by Gasteiger charge is -2.46. The molecule has 3 saturated heterocycles. The van der Waals surface area contributed by atoms with Gasteiger partial charge in [0.15, 0.2) is 5.72 Å². The van der Waals surface area contributed by atoms with Crippen LogP contribution in [0.5, 0.6) is 5.75 Å². The lowest BCUT2D eigenvalue weighted by Crippen LogP contribution is -2.68. The van der Waals surface area contributed by atoms with Crippen LogP contribution in [-0.4, -0.2) is 143 Å². The molecule has 0 aromatic heterocycles. The summed E-state index contributed by atoms with van der Waals surface area (Å²) in [6, 6.07) is 4.22. The molecule has 10 atom stereocenters. The van der Waals surface area contributed by atoms with Crippen LogP contribution in [0.3, 0.4) is 0 Å². The number of carbonyl (C=O) groups is 5. The first-order valence-electron chi connectivity index (χ1n) is 16.4. The van der Waals surface area contributed by atoms with Gasteiger partial charge in [-0.05, 0) is 31.2 Å². The predicted molar refractivity (Wildman–Crippen MR) is 174 cm³/mol. The van der Waals surface area contributed by atoms with Crippen molar-refractivity contribution in [1.82, 2.24) is 15.5 Å². The number of methoxy groups -OCH3 is 2. The Kier molecular flexibility index (Phi) is 9.81. The number of benzene rings is 1. The molecule has 19 heteroatoms. The molecular formula is C33H41N5O14. The van der Waals surface area contributed by atoms with E-state index in [0.29, 0.717) is 12.2 Å². The van der Waals surface area contributed by atoms with E-state index in [0.717, 1.165) is 14.0 Å². The Balaban J connectivity index is 1.25. The molecular weight excluding hydrogens is 690 g/mol. The van der Waals surface area contributed by atoms with E-state index in [1.165, 1.54) is 38.3 Å². The van der Waals surface area contributed by atoms with E-state index in [1.54, 1.807) is 4.90 Å². The summed E-state index contributed by atoms with van der Waals surface area (Å²) in [6.07, 6.45) is -8.51. The molecule has 1 aromatic rings. The second kappa shape index (κ2) is 13.7. The molecule has 3 fully saturated rings. The lowest BCUT2D eigenvalue weighted by atomic mass is 9.82. The quantitative estimate of drug-likeness (QED) is 0.0609. The van der Waals surface area contributed by atoms with Crippen LogP contribution in [0, 0.1) is 5.92 Å². The summed E-state index contributed by atoms with van der Waals surface area (Å²) >= 11 is 0. The maximum atomic E-state index is 14.2. The molecule has 4 heterocycles. The van der Waals surface area contributed by atoms with Gasteiger partial charge in [0.25, 0.3) is 0 Å². The van der Waals surface area contributed by atoms with Crippen molar-refractivity contribution in [2.75, 3.05) is 39.3 Å². The van der Waals surface area contributed by atoms with Crippen LogP contribution >= 0.6 is 0 Å². The van der Waals surface area contributed by atoms with Gasteiger partial charge in [-0.1, -0.05) is 0 Å². The first-order chi connectivity index (χ1) is 24.6. The van der Waals surface area contributed by atoms with Crippen molar-refractivity contribution in [2.45, 2.75) is 74.3 Å². The van der Waals surface area contributed by atoms with Gasteiger partial charge in [0.1, 0.15) is 30.7 Å². The van der Waals surface area contributed by atoms with Crippen molar-refractivity contribution in [1.29, 1.82) is 0 Å². The van der Waals surface area contributed by atoms with Crippen molar-refractivity contribution in [3.05, 3.63) is 46.8 Å². The van der Waals surface area contributed by atoms with Crippen LogP contribution in [0.1, 0.15) is 20.3 Å². The highest BCUT2D eigenvalue weighted by Gasteiger charge is 2.72. The second-order valence-electron chi connectivity index (χ2n) is 13.2. The molecule has 0 saturated carbocycles. The van der Waals surface area contributed by atoms with Crippen LogP contribution in [-0.2, 0) is 38.1 Å². The zero-order valence-corrected chi connectivity index (χ0v) is 28.7. The number of ether oxygens (including phenoxy) is 5. The Morgan fingerprint density at radius 3 is 2.44 bits per heavy atom. The number of Topliss-reactive ketones (excluding diaryl/α,β-unsaturated/α-hetero) is 2. The van der Waals surface area contributed by atoms with E-state index in [1.807, 2.05) is 0 Å². The molecule has 0 spiro atoms. The Morgan fingerprint density at radius 2 is 1.85 bits per heavy atom. The smallest absolute Gasteiger partial charge is 0.404 e. The fourth-order valence-corrected chi connectivity index (χ4v) is 7.76. The minimum Gasteiger partial charge on any atom is -0.464 e. The summed E-state index contributed by atoms with van der Waals surface area (Å²) in [5.41, 5.74) is 4.86. The number of rotatable bonds is 12. The number of carbonyl (C=O) groups excluding carboxylic acids is 5. The number of anilines is 1. The number of nitrogens with zero attached hydrogens (tertiary/aromatic N) is 1. The van der Waals surface area contributed by atoms with Crippen LogP contribution < -0.4 is 26.4 Å². The average Bonchev–Trinajstić information content (AvgIpc) is 3.73. The highest BCUT2D eigenvalue weighted by atomic mass is 16.7.